The summed E-state index contributed by atoms with van der Waals surface area (Å²) in [4.78, 5) is 0.227. The van der Waals surface area contributed by atoms with Crippen molar-refractivity contribution >= 4 is 27.4 Å². The molecule has 0 bridgehead atoms. The third-order valence-corrected chi connectivity index (χ3v) is 6.05. The number of anilines is 1. The quantitative estimate of drug-likeness (QED) is 0.657. The lowest BCUT2D eigenvalue weighted by Gasteiger charge is -2.10. The maximum atomic E-state index is 12.1. The van der Waals surface area contributed by atoms with Gasteiger partial charge in [0.15, 0.2) is 0 Å². The van der Waals surface area contributed by atoms with Crippen LogP contribution in [0.25, 0.3) is 11.3 Å². The van der Waals surface area contributed by atoms with Crippen molar-refractivity contribution in [2.75, 3.05) is 12.4 Å². The van der Waals surface area contributed by atoms with Crippen molar-refractivity contribution < 1.29 is 8.42 Å². The zero-order chi connectivity index (χ0) is 19.4. The van der Waals surface area contributed by atoms with Gasteiger partial charge in [0.1, 0.15) is 5.82 Å². The van der Waals surface area contributed by atoms with Crippen molar-refractivity contribution in [3.63, 3.8) is 0 Å². The van der Waals surface area contributed by atoms with Gasteiger partial charge in [-0.05, 0) is 49.4 Å². The second-order valence-corrected chi connectivity index (χ2v) is 8.20. The van der Waals surface area contributed by atoms with Crippen LogP contribution in [0.5, 0.6) is 0 Å². The van der Waals surface area contributed by atoms with Gasteiger partial charge in [-0.3, -0.25) is 0 Å². The number of aromatic nitrogens is 2. The average Bonchev–Trinajstić information content (AvgIpc) is 2.68. The number of benzene rings is 2. The Morgan fingerprint density at radius 2 is 1.81 bits per heavy atom. The summed E-state index contributed by atoms with van der Waals surface area (Å²) in [5, 5.41) is 12.2. The number of nitrogens with one attached hydrogen (secondary N) is 2. The Morgan fingerprint density at radius 3 is 2.48 bits per heavy atom. The van der Waals surface area contributed by atoms with Gasteiger partial charge >= 0.3 is 0 Å². The van der Waals surface area contributed by atoms with Gasteiger partial charge in [-0.25, -0.2) is 13.1 Å². The van der Waals surface area contributed by atoms with Crippen molar-refractivity contribution in [1.82, 2.24) is 14.9 Å². The summed E-state index contributed by atoms with van der Waals surface area (Å²) >= 11 is 6.14. The predicted octanol–water partition coefficient (Wildman–Crippen LogP) is 3.63. The fourth-order valence-electron chi connectivity index (χ4n) is 2.57. The molecule has 0 aliphatic rings. The maximum absolute atomic E-state index is 12.1. The van der Waals surface area contributed by atoms with Crippen LogP contribution in [0, 0.1) is 6.92 Å². The molecule has 8 heteroatoms. The van der Waals surface area contributed by atoms with Crippen LogP contribution in [0.4, 0.5) is 5.82 Å². The molecule has 1 aromatic heterocycles. The van der Waals surface area contributed by atoms with E-state index < -0.39 is 10.0 Å². The zero-order valence-electron chi connectivity index (χ0n) is 14.9. The van der Waals surface area contributed by atoms with E-state index in [1.807, 2.05) is 30.3 Å². The molecule has 3 aromatic rings. The summed E-state index contributed by atoms with van der Waals surface area (Å²) in [5.41, 5.74) is 2.90. The lowest BCUT2D eigenvalue weighted by molar-refractivity contribution is 0.587. The molecule has 1 heterocycles. The number of sulfonamides is 1. The Balaban J connectivity index is 1.80. The number of hydrogen-bond donors (Lipinski definition) is 2. The van der Waals surface area contributed by atoms with Gasteiger partial charge in [0.2, 0.25) is 10.0 Å². The number of nitrogens with zero attached hydrogens (tertiary/aromatic N) is 2. The summed E-state index contributed by atoms with van der Waals surface area (Å²) in [6, 6.07) is 16.3. The van der Waals surface area contributed by atoms with Gasteiger partial charge in [0.05, 0.1) is 10.6 Å². The first-order valence-corrected chi connectivity index (χ1v) is 10.1. The monoisotopic (exact) mass is 402 g/mol. The Bertz CT molecular complexity index is 1050. The van der Waals surface area contributed by atoms with Gasteiger partial charge in [-0.1, -0.05) is 41.9 Å². The molecule has 2 N–H and O–H groups in total. The Hall–Kier alpha value is -2.48. The van der Waals surface area contributed by atoms with Crippen LogP contribution in [0.3, 0.4) is 0 Å². The van der Waals surface area contributed by atoms with Crippen LogP contribution in [0.15, 0.2) is 59.5 Å². The molecule has 0 radical (unpaired) electrons. The molecule has 6 nitrogen and oxygen atoms in total. The van der Waals surface area contributed by atoms with Crippen LogP contribution >= 0.6 is 11.6 Å². The molecule has 0 fully saturated rings. The SMILES string of the molecule is CNS(=O)(=O)c1cc(-c2ccc(NCc3ccccc3Cl)nn2)ccc1C. The minimum atomic E-state index is -3.53. The number of halogens is 1. The molecule has 0 spiro atoms. The molecular weight excluding hydrogens is 384 g/mol. The van der Waals surface area contributed by atoms with Gasteiger partial charge in [-0.15, -0.1) is 10.2 Å². The summed E-state index contributed by atoms with van der Waals surface area (Å²) in [5.74, 6) is 0.605. The fourth-order valence-corrected chi connectivity index (χ4v) is 3.76. The predicted molar refractivity (Wildman–Crippen MR) is 107 cm³/mol. The smallest absolute Gasteiger partial charge is 0.240 e. The highest BCUT2D eigenvalue weighted by molar-refractivity contribution is 7.89. The van der Waals surface area contributed by atoms with Crippen LogP contribution in [-0.4, -0.2) is 25.7 Å². The summed E-state index contributed by atoms with van der Waals surface area (Å²) in [7, 11) is -2.14. The van der Waals surface area contributed by atoms with Gasteiger partial charge in [-0.2, -0.15) is 0 Å². The molecule has 0 aliphatic heterocycles. The van der Waals surface area contributed by atoms with Crippen LogP contribution in [-0.2, 0) is 16.6 Å². The molecule has 3 rings (SSSR count). The van der Waals surface area contributed by atoms with Gasteiger partial charge < -0.3 is 5.32 Å². The maximum Gasteiger partial charge on any atom is 0.240 e. The summed E-state index contributed by atoms with van der Waals surface area (Å²) in [6.07, 6.45) is 0. The first kappa shape index (κ1) is 19.3. The second-order valence-electron chi connectivity index (χ2n) is 5.94. The Kier molecular flexibility index (Phi) is 5.74. The molecule has 140 valence electrons. The van der Waals surface area contributed by atoms with E-state index in [1.165, 1.54) is 7.05 Å². The van der Waals surface area contributed by atoms with Crippen molar-refractivity contribution in [2.24, 2.45) is 0 Å². The van der Waals surface area contributed by atoms with E-state index in [1.54, 1.807) is 31.2 Å². The van der Waals surface area contributed by atoms with E-state index in [9.17, 15) is 8.42 Å². The molecule has 0 saturated heterocycles. The lowest BCUT2D eigenvalue weighted by atomic mass is 10.1. The summed E-state index contributed by atoms with van der Waals surface area (Å²) in [6.45, 7) is 2.28. The van der Waals surface area contributed by atoms with Crippen molar-refractivity contribution in [2.45, 2.75) is 18.4 Å². The first-order chi connectivity index (χ1) is 12.9. The van der Waals surface area contributed by atoms with Crippen LogP contribution < -0.4 is 10.0 Å². The first-order valence-electron chi connectivity index (χ1n) is 8.26. The third-order valence-electron chi connectivity index (χ3n) is 4.12. The zero-order valence-corrected chi connectivity index (χ0v) is 16.5. The normalized spacial score (nSPS) is 11.4. The minimum absolute atomic E-state index is 0.227. The van der Waals surface area contributed by atoms with Crippen molar-refractivity contribution in [3.8, 4) is 11.3 Å². The standard InChI is InChI=1S/C19H19ClN4O2S/c1-13-7-8-14(11-18(13)27(25,26)21-2)17-9-10-19(24-23-17)22-12-15-5-3-4-6-16(15)20/h3-11,21H,12H2,1-2H3,(H,22,24). The van der Waals surface area contributed by atoms with Crippen molar-refractivity contribution in [3.05, 3.63) is 70.7 Å². The lowest BCUT2D eigenvalue weighted by Crippen LogP contribution is -2.19. The van der Waals surface area contributed by atoms with Crippen LogP contribution in [0.2, 0.25) is 5.02 Å². The third kappa shape index (κ3) is 4.44. The minimum Gasteiger partial charge on any atom is -0.364 e. The van der Waals surface area contributed by atoms with Crippen LogP contribution in [0.1, 0.15) is 11.1 Å². The van der Waals surface area contributed by atoms with E-state index in [0.717, 1.165) is 5.56 Å². The second kappa shape index (κ2) is 8.04. The number of rotatable bonds is 6. The molecule has 0 amide bonds. The number of hydrogen-bond acceptors (Lipinski definition) is 5. The highest BCUT2D eigenvalue weighted by Gasteiger charge is 2.16. The molecule has 27 heavy (non-hydrogen) atoms. The molecule has 0 atom stereocenters. The van der Waals surface area contributed by atoms with E-state index >= 15 is 0 Å². The van der Waals surface area contributed by atoms with Crippen molar-refractivity contribution in [1.29, 1.82) is 0 Å². The molecule has 2 aromatic carbocycles. The highest BCUT2D eigenvalue weighted by atomic mass is 35.5. The van der Waals surface area contributed by atoms with E-state index in [0.29, 0.717) is 34.2 Å². The van der Waals surface area contributed by atoms with E-state index in [2.05, 4.69) is 20.2 Å². The molecule has 0 saturated carbocycles. The van der Waals surface area contributed by atoms with E-state index in [-0.39, 0.29) is 4.90 Å². The molecule has 0 unspecified atom stereocenters. The Labute approximate surface area is 163 Å². The van der Waals surface area contributed by atoms with Gasteiger partial charge in [0.25, 0.3) is 0 Å². The number of aryl methyl sites for hydroxylation is 1. The Morgan fingerprint density at radius 1 is 1.04 bits per heavy atom. The molecule has 0 aliphatic carbocycles. The topological polar surface area (TPSA) is 84.0 Å². The fraction of sp³-hybridized carbons (Fsp3) is 0.158. The largest absolute Gasteiger partial charge is 0.364 e. The van der Waals surface area contributed by atoms with E-state index in [4.69, 9.17) is 11.6 Å². The highest BCUT2D eigenvalue weighted by Crippen LogP contribution is 2.24. The van der Waals surface area contributed by atoms with Gasteiger partial charge in [0, 0.05) is 17.1 Å². The summed E-state index contributed by atoms with van der Waals surface area (Å²) < 4.78 is 26.6. The molecular formula is C19H19ClN4O2S. The average molecular weight is 403 g/mol.